The molecule has 3 heteroatoms. The highest BCUT2D eigenvalue weighted by atomic mass is 16.6. The van der Waals surface area contributed by atoms with Crippen molar-refractivity contribution >= 4 is 5.97 Å². The Morgan fingerprint density at radius 1 is 1.05 bits per heavy atom. The lowest BCUT2D eigenvalue weighted by atomic mass is 9.70. The van der Waals surface area contributed by atoms with E-state index in [4.69, 9.17) is 4.74 Å². The highest BCUT2D eigenvalue weighted by Crippen LogP contribution is 2.42. The summed E-state index contributed by atoms with van der Waals surface area (Å²) in [6, 6.07) is 9.30. The fourth-order valence-corrected chi connectivity index (χ4v) is 2.10. The van der Waals surface area contributed by atoms with E-state index >= 15 is 0 Å². The van der Waals surface area contributed by atoms with Crippen LogP contribution in [0.25, 0.3) is 0 Å². The Labute approximate surface area is 122 Å². The van der Waals surface area contributed by atoms with Crippen LogP contribution in [0.15, 0.2) is 30.3 Å². The highest BCUT2D eigenvalue weighted by molar-refractivity contribution is 5.71. The predicted molar refractivity (Wildman–Crippen MR) is 80.3 cm³/mol. The molecule has 0 amide bonds. The minimum absolute atomic E-state index is 0.0578. The van der Waals surface area contributed by atoms with Crippen molar-refractivity contribution in [3.63, 3.8) is 0 Å². The third-order valence-corrected chi connectivity index (χ3v) is 3.31. The van der Waals surface area contributed by atoms with Gasteiger partial charge in [-0.3, -0.25) is 4.79 Å². The summed E-state index contributed by atoms with van der Waals surface area (Å²) in [5.74, 6) is -0.390. The summed E-state index contributed by atoms with van der Waals surface area (Å²) in [5.41, 5.74) is -1.55. The second-order valence-electron chi connectivity index (χ2n) is 7.24. The zero-order chi connectivity index (χ0) is 15.6. The van der Waals surface area contributed by atoms with E-state index in [0.29, 0.717) is 0 Å². The molecule has 1 unspecified atom stereocenters. The van der Waals surface area contributed by atoms with Gasteiger partial charge in [0.15, 0.2) is 0 Å². The number of aliphatic hydroxyl groups is 1. The molecule has 1 rings (SSSR count). The number of ether oxygens (including phenoxy) is 1. The van der Waals surface area contributed by atoms with Gasteiger partial charge in [-0.05, 0) is 31.7 Å². The summed E-state index contributed by atoms with van der Waals surface area (Å²) < 4.78 is 5.35. The monoisotopic (exact) mass is 278 g/mol. The quantitative estimate of drug-likeness (QED) is 0.858. The van der Waals surface area contributed by atoms with Gasteiger partial charge in [-0.2, -0.15) is 0 Å². The summed E-state index contributed by atoms with van der Waals surface area (Å²) in [7, 11) is 0. The van der Waals surface area contributed by atoms with Crippen LogP contribution in [0.3, 0.4) is 0 Å². The number of hydrogen-bond acceptors (Lipinski definition) is 3. The summed E-state index contributed by atoms with van der Waals surface area (Å²) in [6.07, 6.45) is -0.0578. The molecule has 1 aromatic carbocycles. The van der Waals surface area contributed by atoms with Crippen molar-refractivity contribution in [1.82, 2.24) is 0 Å². The Balaban J connectivity index is 3.07. The van der Waals surface area contributed by atoms with Gasteiger partial charge >= 0.3 is 5.97 Å². The van der Waals surface area contributed by atoms with Crippen LogP contribution in [-0.2, 0) is 15.1 Å². The van der Waals surface area contributed by atoms with Gasteiger partial charge in [0.2, 0.25) is 0 Å². The fourth-order valence-electron chi connectivity index (χ4n) is 2.10. The lowest BCUT2D eigenvalue weighted by Gasteiger charge is -2.40. The zero-order valence-electron chi connectivity index (χ0n) is 13.4. The SMILES string of the molecule is CC(C)(C)OC(=O)CC(O)(c1ccccc1)C(C)(C)C. The van der Waals surface area contributed by atoms with Crippen LogP contribution in [-0.4, -0.2) is 16.7 Å². The second-order valence-corrected chi connectivity index (χ2v) is 7.24. The molecule has 0 saturated heterocycles. The standard InChI is InChI=1S/C17H26O3/c1-15(2,3)17(19,13-10-8-7-9-11-13)12-14(18)20-16(4,5)6/h7-11,19H,12H2,1-6H3. The van der Waals surface area contributed by atoms with Crippen molar-refractivity contribution in [3.05, 3.63) is 35.9 Å². The van der Waals surface area contributed by atoms with Crippen molar-refractivity contribution < 1.29 is 14.6 Å². The number of rotatable bonds is 3. The van der Waals surface area contributed by atoms with Gasteiger partial charge in [-0.15, -0.1) is 0 Å². The van der Waals surface area contributed by atoms with Crippen LogP contribution in [0.4, 0.5) is 0 Å². The lowest BCUT2D eigenvalue weighted by Crippen LogP contribution is -2.43. The average Bonchev–Trinajstić information content (AvgIpc) is 2.25. The maximum absolute atomic E-state index is 12.1. The molecule has 1 aromatic rings. The molecule has 0 spiro atoms. The highest BCUT2D eigenvalue weighted by Gasteiger charge is 2.44. The van der Waals surface area contributed by atoms with Gasteiger partial charge in [0.1, 0.15) is 11.2 Å². The Hall–Kier alpha value is -1.35. The second kappa shape index (κ2) is 5.57. The Bertz CT molecular complexity index is 451. The first-order valence-corrected chi connectivity index (χ1v) is 6.95. The molecule has 0 aliphatic carbocycles. The molecule has 0 heterocycles. The third kappa shape index (κ3) is 4.07. The Morgan fingerprint density at radius 2 is 1.55 bits per heavy atom. The largest absolute Gasteiger partial charge is 0.460 e. The van der Waals surface area contributed by atoms with E-state index in [1.165, 1.54) is 0 Å². The minimum Gasteiger partial charge on any atom is -0.460 e. The molecule has 1 atom stereocenters. The topological polar surface area (TPSA) is 46.5 Å². The van der Waals surface area contributed by atoms with E-state index in [2.05, 4.69) is 0 Å². The minimum atomic E-state index is -1.25. The van der Waals surface area contributed by atoms with Crippen molar-refractivity contribution in [2.75, 3.05) is 0 Å². The normalized spacial score (nSPS) is 15.6. The van der Waals surface area contributed by atoms with Gasteiger partial charge in [0.25, 0.3) is 0 Å². The predicted octanol–water partition coefficient (Wildman–Crippen LogP) is 3.65. The maximum atomic E-state index is 12.1. The first kappa shape index (κ1) is 16.7. The van der Waals surface area contributed by atoms with E-state index < -0.39 is 22.6 Å². The van der Waals surface area contributed by atoms with Crippen LogP contribution in [0.2, 0.25) is 0 Å². The number of benzene rings is 1. The van der Waals surface area contributed by atoms with E-state index in [1.807, 2.05) is 71.9 Å². The number of hydrogen-bond donors (Lipinski definition) is 1. The van der Waals surface area contributed by atoms with Crippen molar-refractivity contribution in [3.8, 4) is 0 Å². The molecule has 1 N–H and O–H groups in total. The van der Waals surface area contributed by atoms with Crippen molar-refractivity contribution in [2.24, 2.45) is 5.41 Å². The molecule has 0 bridgehead atoms. The molecule has 0 fully saturated rings. The van der Waals surface area contributed by atoms with Gasteiger partial charge in [-0.1, -0.05) is 51.1 Å². The summed E-state index contributed by atoms with van der Waals surface area (Å²) in [6.45, 7) is 11.2. The molecular formula is C17H26O3. The number of carbonyl (C=O) groups excluding carboxylic acids is 1. The van der Waals surface area contributed by atoms with Gasteiger partial charge in [-0.25, -0.2) is 0 Å². The number of esters is 1. The molecule has 20 heavy (non-hydrogen) atoms. The van der Waals surface area contributed by atoms with Gasteiger partial charge in [0.05, 0.1) is 6.42 Å². The first-order valence-electron chi connectivity index (χ1n) is 6.95. The van der Waals surface area contributed by atoms with E-state index in [0.717, 1.165) is 5.56 Å². The fraction of sp³-hybridized carbons (Fsp3) is 0.588. The average molecular weight is 278 g/mol. The number of carbonyl (C=O) groups is 1. The van der Waals surface area contributed by atoms with E-state index in [-0.39, 0.29) is 6.42 Å². The molecule has 112 valence electrons. The summed E-state index contributed by atoms with van der Waals surface area (Å²) in [5, 5.41) is 11.1. The Morgan fingerprint density at radius 3 is 1.95 bits per heavy atom. The molecule has 0 aromatic heterocycles. The van der Waals surface area contributed by atoms with Gasteiger partial charge in [0, 0.05) is 0 Å². The molecule has 0 aliphatic rings. The van der Waals surface area contributed by atoms with Crippen molar-refractivity contribution in [2.45, 2.75) is 59.2 Å². The van der Waals surface area contributed by atoms with Crippen LogP contribution in [0, 0.1) is 5.41 Å². The zero-order valence-corrected chi connectivity index (χ0v) is 13.4. The molecule has 3 nitrogen and oxygen atoms in total. The summed E-state index contributed by atoms with van der Waals surface area (Å²) >= 11 is 0. The first-order chi connectivity index (χ1) is 8.96. The maximum Gasteiger partial charge on any atom is 0.309 e. The van der Waals surface area contributed by atoms with E-state index in [1.54, 1.807) is 0 Å². The molecule has 0 radical (unpaired) electrons. The van der Waals surface area contributed by atoms with Crippen LogP contribution in [0.1, 0.15) is 53.5 Å². The van der Waals surface area contributed by atoms with Gasteiger partial charge < -0.3 is 9.84 Å². The summed E-state index contributed by atoms with van der Waals surface area (Å²) in [4.78, 5) is 12.1. The smallest absolute Gasteiger partial charge is 0.309 e. The molecule has 0 aliphatic heterocycles. The van der Waals surface area contributed by atoms with E-state index in [9.17, 15) is 9.90 Å². The van der Waals surface area contributed by atoms with Crippen LogP contribution >= 0.6 is 0 Å². The van der Waals surface area contributed by atoms with Crippen molar-refractivity contribution in [1.29, 1.82) is 0 Å². The molecule has 0 saturated carbocycles. The van der Waals surface area contributed by atoms with Crippen LogP contribution in [0.5, 0.6) is 0 Å². The van der Waals surface area contributed by atoms with Crippen LogP contribution < -0.4 is 0 Å². The molecular weight excluding hydrogens is 252 g/mol. The lowest BCUT2D eigenvalue weighted by molar-refractivity contribution is -0.167. The third-order valence-electron chi connectivity index (χ3n) is 3.31. The Kier molecular flexibility index (Phi) is 4.65.